The summed E-state index contributed by atoms with van der Waals surface area (Å²) in [5.41, 5.74) is 6.88. The van der Waals surface area contributed by atoms with Crippen molar-refractivity contribution in [1.29, 1.82) is 0 Å². The lowest BCUT2D eigenvalue weighted by Gasteiger charge is -2.19. The van der Waals surface area contributed by atoms with Crippen LogP contribution in [0.15, 0.2) is 20.4 Å². The highest BCUT2D eigenvalue weighted by Crippen LogP contribution is 2.43. The number of hydrogen-bond donors (Lipinski definition) is 0. The van der Waals surface area contributed by atoms with Crippen LogP contribution < -0.4 is 0 Å². The third kappa shape index (κ3) is 3.02. The van der Waals surface area contributed by atoms with Crippen LogP contribution in [0.4, 0.5) is 0 Å². The summed E-state index contributed by atoms with van der Waals surface area (Å²) in [5.74, 6) is 0. The van der Waals surface area contributed by atoms with Gasteiger partial charge in [0.05, 0.1) is 8.61 Å². The Morgan fingerprint density at radius 2 is 1.47 bits per heavy atom. The van der Waals surface area contributed by atoms with Crippen molar-refractivity contribution in [2.45, 2.75) is 32.5 Å². The lowest BCUT2D eigenvalue weighted by molar-refractivity contribution is 1.09. The van der Waals surface area contributed by atoms with Gasteiger partial charge in [-0.1, -0.05) is 22.0 Å². The maximum Gasteiger partial charge on any atom is 0.0843 e. The molecule has 4 heteroatoms. The highest BCUT2D eigenvalue weighted by atomic mass is 79.9. The molecule has 19 heavy (non-hydrogen) atoms. The Morgan fingerprint density at radius 3 is 1.89 bits per heavy atom. The molecule has 0 saturated heterocycles. The van der Waals surface area contributed by atoms with Crippen LogP contribution >= 0.6 is 59.1 Å². The highest BCUT2D eigenvalue weighted by molar-refractivity contribution is 9.13. The molecule has 1 aromatic heterocycles. The average Bonchev–Trinajstić information content (AvgIpc) is 2.67. The minimum absolute atomic E-state index is 0.249. The van der Waals surface area contributed by atoms with Crippen LogP contribution in [0.5, 0.6) is 0 Å². The Morgan fingerprint density at radius 1 is 0.947 bits per heavy atom. The van der Waals surface area contributed by atoms with E-state index in [0.717, 1.165) is 8.26 Å². The van der Waals surface area contributed by atoms with Crippen molar-refractivity contribution in [1.82, 2.24) is 0 Å². The van der Waals surface area contributed by atoms with Crippen LogP contribution in [0, 0.1) is 27.7 Å². The second kappa shape index (κ2) is 6.00. The first kappa shape index (κ1) is 15.7. The van der Waals surface area contributed by atoms with Gasteiger partial charge in [-0.15, -0.1) is 11.3 Å². The molecule has 0 spiro atoms. The SMILES string of the molecule is Cc1cc(C)c(C)c(C(Br)c2cc(Br)c(Br)s2)c1C. The second-order valence-corrected chi connectivity index (χ2v) is 8.98. The van der Waals surface area contributed by atoms with Crippen LogP contribution in [0.25, 0.3) is 0 Å². The van der Waals surface area contributed by atoms with Gasteiger partial charge in [0, 0.05) is 9.35 Å². The van der Waals surface area contributed by atoms with Gasteiger partial charge in [-0.3, -0.25) is 0 Å². The molecule has 0 N–H and O–H groups in total. The molecule has 1 unspecified atom stereocenters. The molecule has 0 saturated carbocycles. The first-order valence-corrected chi connectivity index (χ1v) is 9.30. The summed E-state index contributed by atoms with van der Waals surface area (Å²) in [6.45, 7) is 8.79. The Labute approximate surface area is 144 Å². The van der Waals surface area contributed by atoms with E-state index in [4.69, 9.17) is 0 Å². The van der Waals surface area contributed by atoms with Gasteiger partial charge in [-0.25, -0.2) is 0 Å². The van der Waals surface area contributed by atoms with Crippen molar-refractivity contribution < 1.29 is 0 Å². The number of rotatable bonds is 2. The summed E-state index contributed by atoms with van der Waals surface area (Å²) >= 11 is 12.8. The maximum absolute atomic E-state index is 3.88. The smallest absolute Gasteiger partial charge is 0.0843 e. The number of halogens is 3. The number of alkyl halides is 1. The van der Waals surface area contributed by atoms with Crippen molar-refractivity contribution in [3.8, 4) is 0 Å². The standard InChI is InChI=1S/C15H15Br3S/c1-7-5-8(2)10(4)13(9(7)3)14(17)12-6-11(16)15(18)19-12/h5-6,14H,1-4H3. The normalized spacial score (nSPS) is 12.8. The first-order chi connectivity index (χ1) is 8.82. The minimum atomic E-state index is 0.249. The summed E-state index contributed by atoms with van der Waals surface area (Å²) in [5, 5.41) is 0. The van der Waals surface area contributed by atoms with E-state index in [9.17, 15) is 0 Å². The fourth-order valence-electron chi connectivity index (χ4n) is 2.26. The Hall–Kier alpha value is 0.360. The average molecular weight is 467 g/mol. The quantitative estimate of drug-likeness (QED) is 0.418. The summed E-state index contributed by atoms with van der Waals surface area (Å²) in [6.07, 6.45) is 0. The van der Waals surface area contributed by atoms with Gasteiger partial charge < -0.3 is 0 Å². The predicted octanol–water partition coefficient (Wildman–Crippen LogP) is 6.99. The highest BCUT2D eigenvalue weighted by Gasteiger charge is 2.20. The molecular weight excluding hydrogens is 452 g/mol. The number of thiophene rings is 1. The van der Waals surface area contributed by atoms with Gasteiger partial charge in [0.15, 0.2) is 0 Å². The molecule has 102 valence electrons. The molecule has 0 aliphatic heterocycles. The summed E-state index contributed by atoms with van der Waals surface area (Å²) in [7, 11) is 0. The van der Waals surface area contributed by atoms with E-state index in [-0.39, 0.29) is 4.83 Å². The Balaban J connectivity index is 2.58. The third-order valence-corrected chi connectivity index (χ3v) is 8.17. The van der Waals surface area contributed by atoms with Crippen LogP contribution in [0.2, 0.25) is 0 Å². The molecule has 2 rings (SSSR count). The van der Waals surface area contributed by atoms with E-state index in [1.54, 1.807) is 11.3 Å². The molecule has 1 heterocycles. The number of benzene rings is 1. The van der Waals surface area contributed by atoms with Crippen LogP contribution in [0.1, 0.15) is 37.5 Å². The molecule has 0 fully saturated rings. The van der Waals surface area contributed by atoms with Gasteiger partial charge in [-0.05, 0) is 93.4 Å². The summed E-state index contributed by atoms with van der Waals surface area (Å²) in [4.78, 5) is 1.56. The topological polar surface area (TPSA) is 0 Å². The van der Waals surface area contributed by atoms with Crippen molar-refractivity contribution in [3.05, 3.63) is 53.1 Å². The van der Waals surface area contributed by atoms with Crippen molar-refractivity contribution in [2.24, 2.45) is 0 Å². The van der Waals surface area contributed by atoms with E-state index < -0.39 is 0 Å². The number of aryl methyl sites for hydroxylation is 2. The van der Waals surface area contributed by atoms with E-state index in [1.807, 2.05) is 0 Å². The van der Waals surface area contributed by atoms with Crippen LogP contribution in [-0.4, -0.2) is 0 Å². The molecule has 0 aliphatic carbocycles. The van der Waals surface area contributed by atoms with Gasteiger partial charge in [0.1, 0.15) is 0 Å². The molecular formula is C15H15Br3S. The predicted molar refractivity (Wildman–Crippen MR) is 95.9 cm³/mol. The zero-order valence-corrected chi connectivity index (χ0v) is 16.8. The summed E-state index contributed by atoms with van der Waals surface area (Å²) < 4.78 is 2.27. The lowest BCUT2D eigenvalue weighted by Crippen LogP contribution is -2.02. The van der Waals surface area contributed by atoms with Crippen LogP contribution in [-0.2, 0) is 0 Å². The second-order valence-electron chi connectivity index (χ2n) is 4.81. The van der Waals surface area contributed by atoms with Gasteiger partial charge in [-0.2, -0.15) is 0 Å². The largest absolute Gasteiger partial charge is 0.131 e. The van der Waals surface area contributed by atoms with Crippen LogP contribution in [0.3, 0.4) is 0 Å². The van der Waals surface area contributed by atoms with E-state index in [2.05, 4.69) is 87.6 Å². The Bertz CT molecular complexity index is 583. The van der Waals surface area contributed by atoms with E-state index >= 15 is 0 Å². The summed E-state index contributed by atoms with van der Waals surface area (Å²) in [6, 6.07) is 4.46. The Kier molecular flexibility index (Phi) is 4.97. The minimum Gasteiger partial charge on any atom is -0.131 e. The zero-order chi connectivity index (χ0) is 14.3. The van der Waals surface area contributed by atoms with E-state index in [1.165, 1.54) is 32.7 Å². The monoisotopic (exact) mass is 464 g/mol. The molecule has 0 radical (unpaired) electrons. The molecule has 0 bridgehead atoms. The molecule has 0 aliphatic rings. The lowest BCUT2D eigenvalue weighted by atomic mass is 9.92. The zero-order valence-electron chi connectivity index (χ0n) is 11.3. The first-order valence-electron chi connectivity index (χ1n) is 5.99. The molecule has 2 aromatic rings. The fourth-order valence-corrected chi connectivity index (χ4v) is 5.43. The van der Waals surface area contributed by atoms with Crippen molar-refractivity contribution in [2.75, 3.05) is 0 Å². The van der Waals surface area contributed by atoms with Gasteiger partial charge in [0.25, 0.3) is 0 Å². The van der Waals surface area contributed by atoms with E-state index in [0.29, 0.717) is 0 Å². The van der Waals surface area contributed by atoms with Crippen molar-refractivity contribution >= 4 is 59.1 Å². The number of hydrogen-bond acceptors (Lipinski definition) is 1. The molecule has 1 atom stereocenters. The van der Waals surface area contributed by atoms with Crippen molar-refractivity contribution in [3.63, 3.8) is 0 Å². The maximum atomic E-state index is 3.88. The van der Waals surface area contributed by atoms with Gasteiger partial charge in [0.2, 0.25) is 0 Å². The fraction of sp³-hybridized carbons (Fsp3) is 0.333. The molecule has 0 amide bonds. The van der Waals surface area contributed by atoms with Gasteiger partial charge >= 0.3 is 0 Å². The molecule has 0 nitrogen and oxygen atoms in total. The third-order valence-electron chi connectivity index (χ3n) is 3.59. The molecule has 1 aromatic carbocycles.